The van der Waals surface area contributed by atoms with Crippen molar-refractivity contribution in [2.24, 2.45) is 0 Å². The summed E-state index contributed by atoms with van der Waals surface area (Å²) < 4.78 is 12.8. The van der Waals surface area contributed by atoms with Gasteiger partial charge in [-0.2, -0.15) is 12.6 Å². The summed E-state index contributed by atoms with van der Waals surface area (Å²) in [6.07, 6.45) is 3.32. The van der Waals surface area contributed by atoms with Gasteiger partial charge in [-0.15, -0.1) is 0 Å². The first-order chi connectivity index (χ1) is 5.77. The first-order valence-corrected chi connectivity index (χ1v) is 4.75. The molecule has 1 unspecified atom stereocenters. The Balaban J connectivity index is 2.47. The Bertz CT molecular complexity index is 296. The van der Waals surface area contributed by atoms with Gasteiger partial charge in [-0.05, 0) is 42.5 Å². The van der Waals surface area contributed by atoms with Gasteiger partial charge in [-0.25, -0.2) is 4.39 Å². The van der Waals surface area contributed by atoms with Crippen molar-refractivity contribution in [3.05, 3.63) is 35.1 Å². The summed E-state index contributed by atoms with van der Waals surface area (Å²) in [6, 6.07) is 5.03. The SMILES string of the molecule is Fc1ccc2c(c1)C(S)CCC2. The molecule has 1 aromatic rings. The second-order valence-corrected chi connectivity index (χ2v) is 3.87. The minimum Gasteiger partial charge on any atom is -0.207 e. The third kappa shape index (κ3) is 1.36. The molecule has 0 aromatic heterocycles. The number of thiol groups is 1. The number of hydrogen-bond donors (Lipinski definition) is 1. The van der Waals surface area contributed by atoms with E-state index in [1.807, 2.05) is 6.07 Å². The fraction of sp³-hybridized carbons (Fsp3) is 0.400. The molecule has 1 aliphatic rings. The molecular formula is C10H11FS. The Morgan fingerprint density at radius 2 is 2.25 bits per heavy atom. The average molecular weight is 182 g/mol. The summed E-state index contributed by atoms with van der Waals surface area (Å²) in [5, 5.41) is 0.240. The Morgan fingerprint density at radius 3 is 3.08 bits per heavy atom. The van der Waals surface area contributed by atoms with Crippen LogP contribution in [0.3, 0.4) is 0 Å². The van der Waals surface area contributed by atoms with E-state index in [-0.39, 0.29) is 11.1 Å². The van der Waals surface area contributed by atoms with E-state index in [1.54, 1.807) is 6.07 Å². The van der Waals surface area contributed by atoms with Crippen LogP contribution in [0.4, 0.5) is 4.39 Å². The number of rotatable bonds is 0. The molecule has 0 bridgehead atoms. The normalized spacial score (nSPS) is 22.0. The molecule has 12 heavy (non-hydrogen) atoms. The zero-order valence-corrected chi connectivity index (χ0v) is 7.65. The Labute approximate surface area is 77.2 Å². The summed E-state index contributed by atoms with van der Waals surface area (Å²) in [5.41, 5.74) is 2.35. The molecule has 64 valence electrons. The van der Waals surface area contributed by atoms with Crippen molar-refractivity contribution in [3.63, 3.8) is 0 Å². The highest BCUT2D eigenvalue weighted by molar-refractivity contribution is 7.80. The van der Waals surface area contributed by atoms with Crippen molar-refractivity contribution in [1.82, 2.24) is 0 Å². The number of hydrogen-bond acceptors (Lipinski definition) is 1. The van der Waals surface area contributed by atoms with Gasteiger partial charge in [0.25, 0.3) is 0 Å². The molecule has 0 saturated heterocycles. The third-order valence-corrected chi connectivity index (χ3v) is 2.93. The van der Waals surface area contributed by atoms with Crippen molar-refractivity contribution >= 4 is 12.6 Å². The molecule has 1 aliphatic carbocycles. The quantitative estimate of drug-likeness (QED) is 0.585. The molecule has 0 nitrogen and oxygen atoms in total. The van der Waals surface area contributed by atoms with Gasteiger partial charge in [-0.3, -0.25) is 0 Å². The lowest BCUT2D eigenvalue weighted by Crippen LogP contribution is -2.05. The maximum Gasteiger partial charge on any atom is 0.123 e. The predicted molar refractivity (Wildman–Crippen MR) is 51.1 cm³/mol. The molecule has 1 aromatic carbocycles. The smallest absolute Gasteiger partial charge is 0.123 e. The van der Waals surface area contributed by atoms with Gasteiger partial charge < -0.3 is 0 Å². The van der Waals surface area contributed by atoms with Crippen LogP contribution < -0.4 is 0 Å². The Morgan fingerprint density at radius 1 is 1.42 bits per heavy atom. The van der Waals surface area contributed by atoms with Crippen LogP contribution in [0, 0.1) is 5.82 Å². The minimum atomic E-state index is -0.144. The van der Waals surface area contributed by atoms with Crippen LogP contribution >= 0.6 is 12.6 Å². The van der Waals surface area contributed by atoms with Crippen molar-refractivity contribution < 1.29 is 4.39 Å². The van der Waals surface area contributed by atoms with Gasteiger partial charge in [0, 0.05) is 5.25 Å². The van der Waals surface area contributed by atoms with Crippen molar-refractivity contribution in [3.8, 4) is 0 Å². The molecule has 1 atom stereocenters. The minimum absolute atomic E-state index is 0.144. The van der Waals surface area contributed by atoms with E-state index in [2.05, 4.69) is 12.6 Å². The zero-order chi connectivity index (χ0) is 8.55. The van der Waals surface area contributed by atoms with Gasteiger partial charge in [0.1, 0.15) is 5.82 Å². The molecule has 0 saturated carbocycles. The molecule has 0 fully saturated rings. The molecule has 0 heterocycles. The molecule has 0 spiro atoms. The predicted octanol–water partition coefficient (Wildman–Crippen LogP) is 3.13. The maximum atomic E-state index is 12.8. The van der Waals surface area contributed by atoms with Crippen LogP contribution in [-0.2, 0) is 6.42 Å². The van der Waals surface area contributed by atoms with E-state index in [1.165, 1.54) is 18.1 Å². The highest BCUT2D eigenvalue weighted by Crippen LogP contribution is 2.34. The molecule has 2 rings (SSSR count). The van der Waals surface area contributed by atoms with Crippen LogP contribution in [0.5, 0.6) is 0 Å². The van der Waals surface area contributed by atoms with E-state index >= 15 is 0 Å². The average Bonchev–Trinajstić information content (AvgIpc) is 2.07. The molecular weight excluding hydrogens is 171 g/mol. The second-order valence-electron chi connectivity index (χ2n) is 3.25. The summed E-state index contributed by atoms with van der Waals surface area (Å²) in [6.45, 7) is 0. The van der Waals surface area contributed by atoms with Crippen LogP contribution in [-0.4, -0.2) is 0 Å². The van der Waals surface area contributed by atoms with Crippen LogP contribution in [0.15, 0.2) is 18.2 Å². The van der Waals surface area contributed by atoms with E-state index in [9.17, 15) is 4.39 Å². The summed E-state index contributed by atoms with van der Waals surface area (Å²) in [4.78, 5) is 0. The third-order valence-electron chi connectivity index (χ3n) is 2.39. The number of aryl methyl sites for hydroxylation is 1. The summed E-state index contributed by atoms with van der Waals surface area (Å²) in [7, 11) is 0. The van der Waals surface area contributed by atoms with Gasteiger partial charge in [0.2, 0.25) is 0 Å². The lowest BCUT2D eigenvalue weighted by molar-refractivity contribution is 0.612. The van der Waals surface area contributed by atoms with Gasteiger partial charge in [-0.1, -0.05) is 6.07 Å². The maximum absolute atomic E-state index is 12.8. The summed E-state index contributed by atoms with van der Waals surface area (Å²) in [5.74, 6) is -0.144. The largest absolute Gasteiger partial charge is 0.207 e. The highest BCUT2D eigenvalue weighted by atomic mass is 32.1. The fourth-order valence-electron chi connectivity index (χ4n) is 1.75. The monoisotopic (exact) mass is 182 g/mol. The number of fused-ring (bicyclic) bond motifs is 1. The molecule has 0 radical (unpaired) electrons. The van der Waals surface area contributed by atoms with Crippen LogP contribution in [0.1, 0.15) is 29.2 Å². The van der Waals surface area contributed by atoms with Crippen molar-refractivity contribution in [2.75, 3.05) is 0 Å². The number of halogens is 1. The van der Waals surface area contributed by atoms with Crippen molar-refractivity contribution in [1.29, 1.82) is 0 Å². The first kappa shape index (κ1) is 8.11. The summed E-state index contributed by atoms with van der Waals surface area (Å²) >= 11 is 4.42. The van der Waals surface area contributed by atoms with Crippen molar-refractivity contribution in [2.45, 2.75) is 24.5 Å². The lowest BCUT2D eigenvalue weighted by atomic mass is 9.91. The molecule has 2 heteroatoms. The number of benzene rings is 1. The van der Waals surface area contributed by atoms with Crippen LogP contribution in [0.25, 0.3) is 0 Å². The van der Waals surface area contributed by atoms with E-state index < -0.39 is 0 Å². The lowest BCUT2D eigenvalue weighted by Gasteiger charge is -2.21. The first-order valence-electron chi connectivity index (χ1n) is 4.24. The Kier molecular flexibility index (Phi) is 2.09. The Hall–Kier alpha value is -0.500. The van der Waals surface area contributed by atoms with Gasteiger partial charge >= 0.3 is 0 Å². The van der Waals surface area contributed by atoms with Gasteiger partial charge in [0.05, 0.1) is 0 Å². The van der Waals surface area contributed by atoms with E-state index in [0.29, 0.717) is 0 Å². The van der Waals surface area contributed by atoms with Gasteiger partial charge in [0.15, 0.2) is 0 Å². The standard InChI is InChI=1S/C10H11FS/c11-8-5-4-7-2-1-3-10(12)9(7)6-8/h4-6,10,12H,1-3H2. The van der Waals surface area contributed by atoms with E-state index in [4.69, 9.17) is 0 Å². The topological polar surface area (TPSA) is 0 Å². The van der Waals surface area contributed by atoms with E-state index in [0.717, 1.165) is 18.4 Å². The highest BCUT2D eigenvalue weighted by Gasteiger charge is 2.16. The second kappa shape index (κ2) is 3.09. The van der Waals surface area contributed by atoms with Crippen LogP contribution in [0.2, 0.25) is 0 Å². The molecule has 0 aliphatic heterocycles. The molecule has 0 N–H and O–H groups in total. The zero-order valence-electron chi connectivity index (χ0n) is 6.76. The molecule has 0 amide bonds. The fourth-order valence-corrected chi connectivity index (χ4v) is 2.17.